The summed E-state index contributed by atoms with van der Waals surface area (Å²) in [6, 6.07) is 9.90. The van der Waals surface area contributed by atoms with Gasteiger partial charge in [-0.2, -0.15) is 0 Å². The van der Waals surface area contributed by atoms with Crippen LogP contribution in [-0.4, -0.2) is 25.9 Å². The smallest absolute Gasteiger partial charge is 0.144 e. The van der Waals surface area contributed by atoms with Gasteiger partial charge in [0.25, 0.3) is 0 Å². The number of ether oxygens (including phenoxy) is 1. The molecule has 3 nitrogen and oxygen atoms in total. The third-order valence-electron chi connectivity index (χ3n) is 5.09. The summed E-state index contributed by atoms with van der Waals surface area (Å²) in [5, 5.41) is 0.641. The number of likely N-dealkylation sites (N-methyl/N-ethyl adjacent to an activating group) is 1. The van der Waals surface area contributed by atoms with Gasteiger partial charge in [-0.3, -0.25) is 4.99 Å². The minimum atomic E-state index is 0.00723. The van der Waals surface area contributed by atoms with Gasteiger partial charge in [0.05, 0.1) is 12.6 Å². The molecule has 0 atom stereocenters. The molecular weight excluding hydrogens is 344 g/mol. The van der Waals surface area contributed by atoms with Crippen LogP contribution in [0.3, 0.4) is 0 Å². The molecule has 1 heterocycles. The van der Waals surface area contributed by atoms with Gasteiger partial charge in [-0.05, 0) is 74.7 Å². The molecule has 0 amide bonds. The zero-order valence-corrected chi connectivity index (χ0v) is 17.0. The highest BCUT2D eigenvalue weighted by Gasteiger charge is 2.28. The zero-order chi connectivity index (χ0) is 19.1. The van der Waals surface area contributed by atoms with Crippen LogP contribution in [0.15, 0.2) is 41.4 Å². The first-order chi connectivity index (χ1) is 12.2. The molecule has 136 valence electrons. The molecule has 1 aliphatic heterocycles. The van der Waals surface area contributed by atoms with Gasteiger partial charge in [-0.15, -0.1) is 0 Å². The maximum absolute atomic E-state index is 6.10. The summed E-state index contributed by atoms with van der Waals surface area (Å²) < 4.78 is 5.38. The molecule has 0 N–H and O–H groups in total. The normalized spacial score (nSPS) is 15.8. The van der Waals surface area contributed by atoms with Crippen LogP contribution < -0.4 is 9.64 Å². The Hall–Kier alpha value is -2.26. The predicted molar refractivity (Wildman–Crippen MR) is 113 cm³/mol. The van der Waals surface area contributed by atoms with Crippen LogP contribution in [0.4, 0.5) is 11.4 Å². The fourth-order valence-electron chi connectivity index (χ4n) is 3.36. The van der Waals surface area contributed by atoms with E-state index in [1.807, 2.05) is 18.3 Å². The van der Waals surface area contributed by atoms with Crippen molar-refractivity contribution in [2.45, 2.75) is 33.2 Å². The van der Waals surface area contributed by atoms with E-state index in [1.54, 1.807) is 13.2 Å². The van der Waals surface area contributed by atoms with E-state index in [9.17, 15) is 0 Å². The lowest BCUT2D eigenvalue weighted by Gasteiger charge is -2.41. The number of halogens is 1. The van der Waals surface area contributed by atoms with Gasteiger partial charge in [-0.1, -0.05) is 17.7 Å². The van der Waals surface area contributed by atoms with Gasteiger partial charge < -0.3 is 9.64 Å². The van der Waals surface area contributed by atoms with Crippen LogP contribution in [0.5, 0.6) is 5.75 Å². The Balaban J connectivity index is 2.04. The maximum atomic E-state index is 6.10. The lowest BCUT2D eigenvalue weighted by Crippen LogP contribution is -2.42. The number of allylic oxidation sites excluding steroid dienone is 1. The summed E-state index contributed by atoms with van der Waals surface area (Å²) in [6.07, 6.45) is 4.20. The molecule has 0 fully saturated rings. The average Bonchev–Trinajstić information content (AvgIpc) is 2.58. The highest BCUT2D eigenvalue weighted by Crippen LogP contribution is 2.39. The second-order valence-corrected chi connectivity index (χ2v) is 7.78. The van der Waals surface area contributed by atoms with Gasteiger partial charge in [0, 0.05) is 29.5 Å². The zero-order valence-electron chi connectivity index (χ0n) is 16.2. The molecular formula is C22H25ClN2O. The number of fused-ring (bicyclic) bond motifs is 1. The first-order valence-electron chi connectivity index (χ1n) is 8.69. The standard InChI is InChI=1S/C22H25ClN2O/c1-14-9-20-18(15(2)12-22(3,4)25(20)5)10-16(14)13-24-19-11-17(23)7-8-21(19)26-6/h7-13H,1-6H3. The van der Waals surface area contributed by atoms with E-state index in [2.05, 4.69) is 62.8 Å². The number of hydrogen-bond acceptors (Lipinski definition) is 3. The highest BCUT2D eigenvalue weighted by molar-refractivity contribution is 6.30. The molecule has 0 unspecified atom stereocenters. The number of aryl methyl sites for hydroxylation is 1. The summed E-state index contributed by atoms with van der Waals surface area (Å²) in [6.45, 7) is 8.75. The fourth-order valence-corrected chi connectivity index (χ4v) is 3.53. The molecule has 0 saturated heterocycles. The fraction of sp³-hybridized carbons (Fsp3) is 0.318. The summed E-state index contributed by atoms with van der Waals surface area (Å²) in [7, 11) is 3.78. The first kappa shape index (κ1) is 18.5. The second kappa shape index (κ2) is 6.81. The number of methoxy groups -OCH3 is 1. The first-order valence-corrected chi connectivity index (χ1v) is 9.06. The second-order valence-electron chi connectivity index (χ2n) is 7.34. The Labute approximate surface area is 161 Å². The number of benzene rings is 2. The van der Waals surface area contributed by atoms with E-state index in [4.69, 9.17) is 16.3 Å². The molecule has 0 radical (unpaired) electrons. The van der Waals surface area contributed by atoms with E-state index in [0.717, 1.165) is 11.3 Å². The van der Waals surface area contributed by atoms with Crippen molar-refractivity contribution in [1.82, 2.24) is 0 Å². The molecule has 3 rings (SSSR count). The van der Waals surface area contributed by atoms with Crippen molar-refractivity contribution in [2.75, 3.05) is 19.1 Å². The minimum Gasteiger partial charge on any atom is -0.494 e. The Bertz CT molecular complexity index is 913. The molecule has 2 aromatic carbocycles. The van der Waals surface area contributed by atoms with Gasteiger partial charge in [0.2, 0.25) is 0 Å². The van der Waals surface area contributed by atoms with Gasteiger partial charge in [0.1, 0.15) is 11.4 Å². The Kier molecular flexibility index (Phi) is 4.85. The Morgan fingerprint density at radius 1 is 1.15 bits per heavy atom. The molecule has 0 aromatic heterocycles. The Morgan fingerprint density at radius 3 is 2.58 bits per heavy atom. The monoisotopic (exact) mass is 368 g/mol. The van der Waals surface area contributed by atoms with Gasteiger partial charge in [-0.25, -0.2) is 0 Å². The molecule has 0 saturated carbocycles. The molecule has 26 heavy (non-hydrogen) atoms. The molecule has 0 bridgehead atoms. The molecule has 1 aliphatic rings. The maximum Gasteiger partial charge on any atom is 0.144 e. The number of aliphatic imine (C=N–C) groups is 1. The van der Waals surface area contributed by atoms with Crippen molar-refractivity contribution >= 4 is 34.8 Å². The van der Waals surface area contributed by atoms with E-state index < -0.39 is 0 Å². The van der Waals surface area contributed by atoms with Crippen molar-refractivity contribution in [2.24, 2.45) is 4.99 Å². The quantitative estimate of drug-likeness (QED) is 0.617. The summed E-state index contributed by atoms with van der Waals surface area (Å²) in [5.41, 5.74) is 6.80. The van der Waals surface area contributed by atoms with Crippen LogP contribution in [0, 0.1) is 6.92 Å². The third-order valence-corrected chi connectivity index (χ3v) is 5.32. The number of hydrogen-bond donors (Lipinski definition) is 0. The third kappa shape index (κ3) is 3.36. The van der Waals surface area contributed by atoms with Crippen molar-refractivity contribution in [3.05, 3.63) is 58.1 Å². The van der Waals surface area contributed by atoms with Crippen LogP contribution in [0.1, 0.15) is 37.5 Å². The lowest BCUT2D eigenvalue weighted by molar-refractivity contribution is 0.416. The summed E-state index contributed by atoms with van der Waals surface area (Å²) in [5.74, 6) is 0.707. The number of nitrogens with zero attached hydrogens (tertiary/aromatic N) is 2. The minimum absolute atomic E-state index is 0.00723. The van der Waals surface area contributed by atoms with Gasteiger partial charge in [0.15, 0.2) is 0 Å². The molecule has 0 aliphatic carbocycles. The largest absolute Gasteiger partial charge is 0.494 e. The van der Waals surface area contributed by atoms with E-state index in [0.29, 0.717) is 10.8 Å². The average molecular weight is 369 g/mol. The topological polar surface area (TPSA) is 24.8 Å². The molecule has 2 aromatic rings. The van der Waals surface area contributed by atoms with Crippen molar-refractivity contribution in [1.29, 1.82) is 0 Å². The van der Waals surface area contributed by atoms with Crippen LogP contribution in [-0.2, 0) is 0 Å². The van der Waals surface area contributed by atoms with Crippen LogP contribution >= 0.6 is 11.6 Å². The molecule has 4 heteroatoms. The van der Waals surface area contributed by atoms with E-state index in [1.165, 1.54) is 22.4 Å². The van der Waals surface area contributed by atoms with Crippen LogP contribution in [0.25, 0.3) is 5.57 Å². The molecule has 0 spiro atoms. The predicted octanol–water partition coefficient (Wildman–Crippen LogP) is 6.04. The van der Waals surface area contributed by atoms with Crippen LogP contribution in [0.2, 0.25) is 5.02 Å². The van der Waals surface area contributed by atoms with E-state index in [-0.39, 0.29) is 5.54 Å². The van der Waals surface area contributed by atoms with E-state index >= 15 is 0 Å². The number of anilines is 1. The highest BCUT2D eigenvalue weighted by atomic mass is 35.5. The lowest BCUT2D eigenvalue weighted by atomic mass is 9.87. The van der Waals surface area contributed by atoms with Crippen molar-refractivity contribution in [3.63, 3.8) is 0 Å². The summed E-state index contributed by atoms with van der Waals surface area (Å²) in [4.78, 5) is 6.95. The SMILES string of the molecule is COc1ccc(Cl)cc1N=Cc1cc2c(cc1C)N(C)C(C)(C)C=C2C. The van der Waals surface area contributed by atoms with Crippen molar-refractivity contribution < 1.29 is 4.74 Å². The Morgan fingerprint density at radius 2 is 1.88 bits per heavy atom. The van der Waals surface area contributed by atoms with Crippen molar-refractivity contribution in [3.8, 4) is 5.75 Å². The number of rotatable bonds is 3. The van der Waals surface area contributed by atoms with Gasteiger partial charge >= 0.3 is 0 Å². The summed E-state index contributed by atoms with van der Waals surface area (Å²) >= 11 is 6.10.